The van der Waals surface area contributed by atoms with E-state index in [4.69, 9.17) is 47.6 Å². The van der Waals surface area contributed by atoms with Crippen LogP contribution in [0.1, 0.15) is 25.7 Å². The number of nitrogens with two attached hydrogens (primary N) is 5. The summed E-state index contributed by atoms with van der Waals surface area (Å²) in [6.07, 6.45) is -12.4. The molecule has 1 saturated carbocycles. The number of ether oxygens (including phenoxy) is 4. The lowest BCUT2D eigenvalue weighted by Crippen LogP contribution is -2.69. The lowest BCUT2D eigenvalue weighted by Gasteiger charge is -2.48. The van der Waals surface area contributed by atoms with E-state index >= 15 is 0 Å². The summed E-state index contributed by atoms with van der Waals surface area (Å²) in [5.74, 6) is -1.01. The van der Waals surface area contributed by atoms with Gasteiger partial charge >= 0.3 is 0 Å². The van der Waals surface area contributed by atoms with Crippen molar-refractivity contribution in [1.82, 2.24) is 10.6 Å². The average molecular weight is 626 g/mol. The maximum Gasteiger partial charge on any atom is 0.251 e. The summed E-state index contributed by atoms with van der Waals surface area (Å²) in [5, 5.41) is 68.0. The molecule has 0 aromatic heterocycles. The smallest absolute Gasteiger partial charge is 0.251 e. The first-order chi connectivity index (χ1) is 20.5. The molecule has 18 heteroatoms. The van der Waals surface area contributed by atoms with Crippen molar-refractivity contribution < 1.29 is 54.4 Å². The minimum absolute atomic E-state index is 0.0528. The molecule has 3 fully saturated rings. The highest BCUT2D eigenvalue weighted by Gasteiger charge is 2.51. The Morgan fingerprint density at radius 1 is 0.930 bits per heavy atom. The van der Waals surface area contributed by atoms with Crippen molar-refractivity contribution in [3.63, 3.8) is 0 Å². The van der Waals surface area contributed by atoms with E-state index in [0.29, 0.717) is 32.4 Å². The summed E-state index contributed by atoms with van der Waals surface area (Å²) in [7, 11) is 0. The average Bonchev–Trinajstić information content (AvgIpc) is 3.00. The van der Waals surface area contributed by atoms with Crippen molar-refractivity contribution in [2.75, 3.05) is 32.8 Å². The molecule has 0 bridgehead atoms. The van der Waals surface area contributed by atoms with Gasteiger partial charge in [0.2, 0.25) is 0 Å². The van der Waals surface area contributed by atoms with Crippen LogP contribution in [0.5, 0.6) is 0 Å². The van der Waals surface area contributed by atoms with Crippen LogP contribution in [0.15, 0.2) is 0 Å². The van der Waals surface area contributed by atoms with Gasteiger partial charge in [-0.2, -0.15) is 0 Å². The Morgan fingerprint density at radius 2 is 1.63 bits per heavy atom. The fourth-order valence-corrected chi connectivity index (χ4v) is 5.59. The molecule has 2 heterocycles. The van der Waals surface area contributed by atoms with E-state index in [1.807, 2.05) is 0 Å². The van der Waals surface area contributed by atoms with Gasteiger partial charge in [0.1, 0.15) is 42.7 Å². The van der Waals surface area contributed by atoms with Gasteiger partial charge in [-0.25, -0.2) is 0 Å². The van der Waals surface area contributed by atoms with Crippen LogP contribution in [-0.4, -0.2) is 161 Å². The summed E-state index contributed by atoms with van der Waals surface area (Å²) in [5.41, 5.74) is 29.2. The van der Waals surface area contributed by atoms with E-state index in [-0.39, 0.29) is 25.1 Å². The van der Waals surface area contributed by atoms with E-state index in [0.717, 1.165) is 0 Å². The molecule has 3 aliphatic rings. The fraction of sp³-hybridized carbons (Fsp3) is 0.960. The number of nitrogens with one attached hydrogen (secondary N) is 2. The molecular formula is C25H51N7O11. The largest absolute Gasteiger partial charge is 0.394 e. The van der Waals surface area contributed by atoms with Gasteiger partial charge < -0.3 is 88.9 Å². The first-order valence-corrected chi connectivity index (χ1v) is 14.7. The highest BCUT2D eigenvalue weighted by atomic mass is 16.7. The second-order valence-corrected chi connectivity index (χ2v) is 11.4. The molecule has 43 heavy (non-hydrogen) atoms. The maximum absolute atomic E-state index is 12.8. The molecular weight excluding hydrogens is 574 g/mol. The molecule has 1 aliphatic carbocycles. The topological polar surface area (TPSA) is 330 Å². The molecule has 3 rings (SSSR count). The molecule has 2 saturated heterocycles. The minimum atomic E-state index is -1.89. The van der Waals surface area contributed by atoms with E-state index in [1.54, 1.807) is 0 Å². The van der Waals surface area contributed by atoms with Gasteiger partial charge in [-0.15, -0.1) is 0 Å². The zero-order valence-electron chi connectivity index (χ0n) is 24.1. The number of hydrogen-bond acceptors (Lipinski definition) is 17. The zero-order chi connectivity index (χ0) is 31.8. The summed E-state index contributed by atoms with van der Waals surface area (Å²) >= 11 is 0. The number of rotatable bonds is 14. The number of carbonyl (C=O) groups excluding carboxylic acids is 1. The monoisotopic (exact) mass is 625 g/mol. The Bertz CT molecular complexity index is 849. The van der Waals surface area contributed by atoms with E-state index in [1.165, 1.54) is 0 Å². The van der Waals surface area contributed by atoms with Crippen LogP contribution < -0.4 is 39.3 Å². The van der Waals surface area contributed by atoms with Gasteiger partial charge in [-0.1, -0.05) is 0 Å². The van der Waals surface area contributed by atoms with Crippen molar-refractivity contribution in [2.45, 2.75) is 117 Å². The quantitative estimate of drug-likeness (QED) is 0.0797. The molecule has 2 aliphatic heterocycles. The highest BCUT2D eigenvalue weighted by molar-refractivity contribution is 5.81. The van der Waals surface area contributed by atoms with Crippen LogP contribution in [0, 0.1) is 0 Å². The van der Waals surface area contributed by atoms with Crippen molar-refractivity contribution >= 4 is 5.91 Å². The Balaban J connectivity index is 1.85. The number of carbonyl (C=O) groups is 1. The standard InChI is InChI=1S/C25H51N7O11/c26-4-1-5-31-12-3-2-10(7-27)40-24(12)42-21-11(29)6-13(32-23(39)17(35)14(34)8-28)22(20(21)38)43-25-19(37)16(30)18(36)15(9-33)41-25/h10-22,24-25,31,33-38H,1-9,26-30H2,(H,32,39). The van der Waals surface area contributed by atoms with Crippen LogP contribution >= 0.6 is 0 Å². The van der Waals surface area contributed by atoms with E-state index in [9.17, 15) is 35.4 Å². The molecule has 1 amide bonds. The van der Waals surface area contributed by atoms with Crippen molar-refractivity contribution in [3.05, 3.63) is 0 Å². The maximum atomic E-state index is 12.8. The van der Waals surface area contributed by atoms with Gasteiger partial charge in [0.15, 0.2) is 18.7 Å². The number of aliphatic hydroxyl groups excluding tert-OH is 6. The van der Waals surface area contributed by atoms with Gasteiger partial charge in [0.25, 0.3) is 5.91 Å². The second kappa shape index (κ2) is 16.9. The summed E-state index contributed by atoms with van der Waals surface area (Å²) in [4.78, 5) is 12.8. The molecule has 0 spiro atoms. The summed E-state index contributed by atoms with van der Waals surface area (Å²) < 4.78 is 23.8. The molecule has 0 aromatic carbocycles. The third-order valence-corrected chi connectivity index (χ3v) is 8.25. The Morgan fingerprint density at radius 3 is 2.26 bits per heavy atom. The van der Waals surface area contributed by atoms with Gasteiger partial charge in [0.05, 0.1) is 30.8 Å². The molecule has 18 nitrogen and oxygen atoms in total. The van der Waals surface area contributed by atoms with Crippen LogP contribution in [0.2, 0.25) is 0 Å². The first kappa shape index (κ1) is 36.3. The predicted molar refractivity (Wildman–Crippen MR) is 149 cm³/mol. The van der Waals surface area contributed by atoms with Crippen LogP contribution in [-0.2, 0) is 23.7 Å². The molecule has 252 valence electrons. The Hall–Kier alpha value is -1.17. The molecule has 0 aromatic rings. The van der Waals surface area contributed by atoms with Crippen LogP contribution in [0.3, 0.4) is 0 Å². The number of aliphatic hydroxyl groups is 6. The van der Waals surface area contributed by atoms with Gasteiger partial charge in [-0.05, 0) is 38.8 Å². The van der Waals surface area contributed by atoms with Crippen molar-refractivity contribution in [3.8, 4) is 0 Å². The summed E-state index contributed by atoms with van der Waals surface area (Å²) in [6.45, 7) is 0.297. The van der Waals surface area contributed by atoms with Crippen LogP contribution in [0.4, 0.5) is 0 Å². The third-order valence-electron chi connectivity index (χ3n) is 8.25. The normalized spacial score (nSPS) is 41.9. The predicted octanol–water partition coefficient (Wildman–Crippen LogP) is -7.45. The Labute approximate surface area is 250 Å². The Kier molecular flexibility index (Phi) is 14.3. The van der Waals surface area contributed by atoms with Crippen LogP contribution in [0.25, 0.3) is 0 Å². The van der Waals surface area contributed by atoms with Gasteiger partial charge in [-0.3, -0.25) is 4.79 Å². The lowest BCUT2D eigenvalue weighted by atomic mass is 9.83. The number of hydrogen-bond donors (Lipinski definition) is 13. The molecule has 18 N–H and O–H groups in total. The van der Waals surface area contributed by atoms with Crippen molar-refractivity contribution in [1.29, 1.82) is 0 Å². The van der Waals surface area contributed by atoms with Gasteiger partial charge in [0, 0.05) is 19.1 Å². The highest BCUT2D eigenvalue weighted by Crippen LogP contribution is 2.32. The number of amides is 1. The van der Waals surface area contributed by atoms with Crippen molar-refractivity contribution in [2.24, 2.45) is 28.7 Å². The van der Waals surface area contributed by atoms with E-state index < -0.39 is 98.6 Å². The van der Waals surface area contributed by atoms with E-state index in [2.05, 4.69) is 10.6 Å². The lowest BCUT2D eigenvalue weighted by molar-refractivity contribution is -0.314. The third kappa shape index (κ3) is 8.97. The minimum Gasteiger partial charge on any atom is -0.394 e. The molecule has 15 atom stereocenters. The summed E-state index contributed by atoms with van der Waals surface area (Å²) in [6, 6.07) is -3.53. The second-order valence-electron chi connectivity index (χ2n) is 11.4. The fourth-order valence-electron chi connectivity index (χ4n) is 5.59. The first-order valence-electron chi connectivity index (χ1n) is 14.7. The molecule has 0 radical (unpaired) electrons. The SMILES string of the molecule is NCCCNC1CCC(CN)OC1OC1C(N)CC(NC(=O)C(O)C(O)CN)C(OC2OC(CO)C(O)C(N)C2O)C1O. The zero-order valence-corrected chi connectivity index (χ0v) is 24.1. The molecule has 15 unspecified atom stereocenters.